The minimum Gasteiger partial charge on any atom is -0.469 e. The normalized spacial score (nSPS) is 22.1. The first-order valence-electron chi connectivity index (χ1n) is 7.27. The van der Waals surface area contributed by atoms with Gasteiger partial charge in [-0.25, -0.2) is 0 Å². The second-order valence-electron chi connectivity index (χ2n) is 5.35. The maximum absolute atomic E-state index is 12.5. The van der Waals surface area contributed by atoms with Gasteiger partial charge in [-0.15, -0.1) is 0 Å². The molecule has 0 amide bonds. The van der Waals surface area contributed by atoms with Crippen LogP contribution in [0.4, 0.5) is 0 Å². The fourth-order valence-corrected chi connectivity index (χ4v) is 5.51. The van der Waals surface area contributed by atoms with Gasteiger partial charge in [-0.05, 0) is 17.7 Å². The fraction of sp³-hybridized carbons (Fsp3) is 0.312. The average Bonchev–Trinajstić information content (AvgIpc) is 2.99. The van der Waals surface area contributed by atoms with Crippen molar-refractivity contribution in [2.24, 2.45) is 5.92 Å². The van der Waals surface area contributed by atoms with Crippen LogP contribution in [0.2, 0.25) is 5.02 Å². The Labute approximate surface area is 156 Å². The van der Waals surface area contributed by atoms with Gasteiger partial charge in [0, 0.05) is 15.8 Å². The van der Waals surface area contributed by atoms with Gasteiger partial charge in [0.25, 0.3) is 0 Å². The molecule has 6 nitrogen and oxygen atoms in total. The van der Waals surface area contributed by atoms with Crippen LogP contribution >= 0.6 is 34.7 Å². The van der Waals surface area contributed by atoms with Gasteiger partial charge in [-0.3, -0.25) is 14.4 Å². The van der Waals surface area contributed by atoms with Crippen LogP contribution in [0.1, 0.15) is 16.4 Å². The van der Waals surface area contributed by atoms with Crippen molar-refractivity contribution < 1.29 is 19.1 Å². The van der Waals surface area contributed by atoms with E-state index in [0.29, 0.717) is 14.9 Å². The molecular formula is C16H14ClNO5S2. The molecule has 0 radical (unpaired) electrons. The monoisotopic (exact) mass is 399 g/mol. The molecule has 3 atom stereocenters. The number of thiazole rings is 1. The second kappa shape index (κ2) is 7.23. The third-order valence-corrected chi connectivity index (χ3v) is 6.63. The van der Waals surface area contributed by atoms with Crippen molar-refractivity contribution in [2.75, 3.05) is 14.2 Å². The number of nitrogens with one attached hydrogen (secondary N) is 1. The van der Waals surface area contributed by atoms with E-state index in [0.717, 1.165) is 28.7 Å². The van der Waals surface area contributed by atoms with Crippen LogP contribution < -0.4 is 4.87 Å². The molecule has 1 aliphatic rings. The fourth-order valence-electron chi connectivity index (χ4n) is 2.89. The number of fused-ring (bicyclic) bond motifs is 1. The van der Waals surface area contributed by atoms with Crippen molar-refractivity contribution >= 4 is 46.6 Å². The minimum absolute atomic E-state index is 0.245. The third kappa shape index (κ3) is 3.33. The Morgan fingerprint density at radius 3 is 2.36 bits per heavy atom. The number of hydrogen-bond donors (Lipinski definition) is 1. The summed E-state index contributed by atoms with van der Waals surface area (Å²) >= 11 is 8.10. The van der Waals surface area contributed by atoms with Crippen LogP contribution in [0, 0.1) is 5.92 Å². The molecule has 3 rings (SSSR count). The molecule has 1 N–H and O–H groups in total. The number of H-pyrrole nitrogens is 1. The molecule has 25 heavy (non-hydrogen) atoms. The lowest BCUT2D eigenvalue weighted by atomic mass is 9.82. The molecule has 2 heterocycles. The molecule has 0 bridgehead atoms. The topological polar surface area (TPSA) is 85.5 Å². The van der Waals surface area contributed by atoms with Gasteiger partial charge >= 0.3 is 16.8 Å². The Hall–Kier alpha value is -1.77. The second-order valence-corrected chi connectivity index (χ2v) is 7.95. The maximum atomic E-state index is 12.5. The van der Waals surface area contributed by atoms with Gasteiger partial charge in [0.2, 0.25) is 0 Å². The molecule has 0 fully saturated rings. The van der Waals surface area contributed by atoms with Crippen LogP contribution in [-0.2, 0) is 19.1 Å². The Morgan fingerprint density at radius 2 is 1.76 bits per heavy atom. The van der Waals surface area contributed by atoms with Crippen LogP contribution in [0.15, 0.2) is 34.1 Å². The van der Waals surface area contributed by atoms with E-state index in [9.17, 15) is 14.4 Å². The maximum Gasteiger partial charge on any atom is 0.320 e. The minimum atomic E-state index is -0.823. The summed E-state index contributed by atoms with van der Waals surface area (Å²) in [6.45, 7) is 0. The van der Waals surface area contributed by atoms with E-state index in [4.69, 9.17) is 21.1 Å². The molecule has 0 saturated heterocycles. The first kappa shape index (κ1) is 18.0. The number of aromatic amines is 1. The highest BCUT2D eigenvalue weighted by Gasteiger charge is 2.48. The summed E-state index contributed by atoms with van der Waals surface area (Å²) in [5, 5.41) is 0.303. The summed E-state index contributed by atoms with van der Waals surface area (Å²) in [6, 6.07) is 6.97. The number of hydrogen-bond acceptors (Lipinski definition) is 7. The van der Waals surface area contributed by atoms with Crippen molar-refractivity contribution in [1.29, 1.82) is 0 Å². The molecule has 9 heteroatoms. The zero-order chi connectivity index (χ0) is 18.1. The SMILES string of the molecule is COC(=O)[C@@H]1[C@@H](c2ccc(Cl)cc2)c2sc(=O)[nH]c2S[C@@H]1C(=O)OC. The first-order valence-corrected chi connectivity index (χ1v) is 9.34. The van der Waals surface area contributed by atoms with E-state index in [2.05, 4.69) is 4.98 Å². The Kier molecular flexibility index (Phi) is 5.21. The number of rotatable bonds is 3. The summed E-state index contributed by atoms with van der Waals surface area (Å²) in [5.74, 6) is -2.40. The molecule has 1 aromatic carbocycles. The Bertz CT molecular complexity index is 860. The summed E-state index contributed by atoms with van der Waals surface area (Å²) in [7, 11) is 2.54. The number of carbonyl (C=O) groups excluding carboxylic acids is 2. The molecule has 0 saturated carbocycles. The number of aromatic nitrogens is 1. The van der Waals surface area contributed by atoms with Crippen molar-refractivity contribution in [3.63, 3.8) is 0 Å². The van der Waals surface area contributed by atoms with Gasteiger partial charge < -0.3 is 14.5 Å². The van der Waals surface area contributed by atoms with E-state index in [-0.39, 0.29) is 4.87 Å². The predicted molar refractivity (Wildman–Crippen MR) is 95.4 cm³/mol. The lowest BCUT2D eigenvalue weighted by Gasteiger charge is -2.33. The number of thioether (sulfide) groups is 1. The van der Waals surface area contributed by atoms with Gasteiger partial charge in [-0.1, -0.05) is 46.8 Å². The molecule has 0 unspecified atom stereocenters. The molecular weight excluding hydrogens is 386 g/mol. The van der Waals surface area contributed by atoms with Crippen molar-refractivity contribution in [3.8, 4) is 0 Å². The van der Waals surface area contributed by atoms with Crippen LogP contribution in [0.5, 0.6) is 0 Å². The van der Waals surface area contributed by atoms with E-state index in [1.54, 1.807) is 24.3 Å². The quantitative estimate of drug-likeness (QED) is 0.798. The predicted octanol–water partition coefficient (Wildman–Crippen LogP) is 2.66. The zero-order valence-corrected chi connectivity index (χ0v) is 15.7. The number of methoxy groups -OCH3 is 2. The highest BCUT2D eigenvalue weighted by Crippen LogP contribution is 2.49. The van der Waals surface area contributed by atoms with Gasteiger partial charge in [-0.2, -0.15) is 0 Å². The van der Waals surface area contributed by atoms with Crippen molar-refractivity contribution in [2.45, 2.75) is 16.2 Å². The highest BCUT2D eigenvalue weighted by molar-refractivity contribution is 8.00. The summed E-state index contributed by atoms with van der Waals surface area (Å²) in [5.41, 5.74) is 0.769. The number of carbonyl (C=O) groups is 2. The molecule has 0 spiro atoms. The zero-order valence-electron chi connectivity index (χ0n) is 13.3. The van der Waals surface area contributed by atoms with Crippen LogP contribution in [0.25, 0.3) is 0 Å². The van der Waals surface area contributed by atoms with Crippen LogP contribution in [0.3, 0.4) is 0 Å². The van der Waals surface area contributed by atoms with Crippen molar-refractivity contribution in [3.05, 3.63) is 49.4 Å². The first-order chi connectivity index (χ1) is 12.0. The van der Waals surface area contributed by atoms with Gasteiger partial charge in [0.15, 0.2) is 0 Å². The van der Waals surface area contributed by atoms with E-state index >= 15 is 0 Å². The number of benzene rings is 1. The summed E-state index contributed by atoms with van der Waals surface area (Å²) in [4.78, 5) is 39.9. The van der Waals surface area contributed by atoms with E-state index < -0.39 is 29.0 Å². The lowest BCUT2D eigenvalue weighted by molar-refractivity contribution is -0.151. The van der Waals surface area contributed by atoms with E-state index in [1.165, 1.54) is 14.2 Å². The van der Waals surface area contributed by atoms with Crippen LogP contribution in [-0.4, -0.2) is 36.4 Å². The number of esters is 2. The standard InChI is InChI=1S/C16H14ClNO5S2/c1-22-14(19)10-9(7-3-5-8(17)6-4-7)11-13(18-16(21)25-11)24-12(10)15(20)23-2/h3-6,9-10,12H,1-2H3,(H,18,21)/t9-,10-,12+/m1/s1. The Balaban J connectivity index is 2.20. The summed E-state index contributed by atoms with van der Waals surface area (Å²) < 4.78 is 9.80. The van der Waals surface area contributed by atoms with Gasteiger partial charge in [0.1, 0.15) is 5.25 Å². The molecule has 0 aliphatic carbocycles. The molecule has 1 aliphatic heterocycles. The molecule has 2 aromatic rings. The highest BCUT2D eigenvalue weighted by atomic mass is 35.5. The largest absolute Gasteiger partial charge is 0.469 e. The summed E-state index contributed by atoms with van der Waals surface area (Å²) in [6.07, 6.45) is 0. The molecule has 1 aromatic heterocycles. The van der Waals surface area contributed by atoms with Crippen molar-refractivity contribution in [1.82, 2.24) is 4.98 Å². The lowest BCUT2D eigenvalue weighted by Crippen LogP contribution is -2.40. The van der Waals surface area contributed by atoms with E-state index in [1.807, 2.05) is 0 Å². The van der Waals surface area contributed by atoms with Gasteiger partial charge in [0.05, 0.1) is 25.2 Å². The smallest absolute Gasteiger partial charge is 0.320 e. The third-order valence-electron chi connectivity index (χ3n) is 3.99. The average molecular weight is 400 g/mol. The number of ether oxygens (including phenoxy) is 2. The Morgan fingerprint density at radius 1 is 1.12 bits per heavy atom. The molecule has 132 valence electrons. The number of halogens is 1.